The molecule has 0 spiro atoms. The van der Waals surface area contributed by atoms with E-state index in [9.17, 15) is 5.11 Å². The van der Waals surface area contributed by atoms with E-state index in [0.717, 1.165) is 6.42 Å². The highest BCUT2D eigenvalue weighted by molar-refractivity contribution is 6.20. The lowest BCUT2D eigenvalue weighted by Crippen LogP contribution is -2.28. The van der Waals surface area contributed by atoms with Crippen molar-refractivity contribution in [3.63, 3.8) is 0 Å². The van der Waals surface area contributed by atoms with Gasteiger partial charge in [0.15, 0.2) is 6.29 Å². The van der Waals surface area contributed by atoms with E-state index in [1.807, 2.05) is 0 Å². The Morgan fingerprint density at radius 3 is 2.50 bits per heavy atom. The lowest BCUT2D eigenvalue weighted by molar-refractivity contribution is -0.109. The lowest BCUT2D eigenvalue weighted by Gasteiger charge is -2.22. The highest BCUT2D eigenvalue weighted by Crippen LogP contribution is 2.24. The number of hydrogen-bond donors (Lipinski definition) is 3. The minimum Gasteiger partial charge on any atom is -0.383 e. The van der Waals surface area contributed by atoms with Crippen molar-refractivity contribution < 1.29 is 15.3 Å². The predicted octanol–water partition coefficient (Wildman–Crippen LogP) is 0.376. The first-order valence-corrected chi connectivity index (χ1v) is 4.42. The van der Waals surface area contributed by atoms with Gasteiger partial charge in [-0.05, 0) is 24.8 Å². The monoisotopic (exact) mass is 192 g/mol. The van der Waals surface area contributed by atoms with Crippen LogP contribution in [0.2, 0.25) is 0 Å². The Morgan fingerprint density at radius 2 is 2.08 bits per heavy atom. The van der Waals surface area contributed by atoms with E-state index >= 15 is 0 Å². The van der Waals surface area contributed by atoms with Gasteiger partial charge in [-0.15, -0.1) is 11.6 Å². The second-order valence-corrected chi connectivity index (χ2v) is 3.63. The predicted molar refractivity (Wildman–Crippen MR) is 45.8 cm³/mol. The summed E-state index contributed by atoms with van der Waals surface area (Å²) in [5, 5.41) is 26.7. The van der Waals surface area contributed by atoms with Gasteiger partial charge in [-0.1, -0.05) is 6.08 Å². The van der Waals surface area contributed by atoms with Crippen LogP contribution < -0.4 is 0 Å². The van der Waals surface area contributed by atoms with E-state index in [1.165, 1.54) is 0 Å². The van der Waals surface area contributed by atoms with Crippen LogP contribution in [0.15, 0.2) is 11.6 Å². The molecule has 0 radical (unpaired) electrons. The van der Waals surface area contributed by atoms with Crippen molar-refractivity contribution >= 4 is 11.6 Å². The Bertz CT molecular complexity index is 179. The summed E-state index contributed by atoms with van der Waals surface area (Å²) in [7, 11) is 0. The maximum Gasteiger partial charge on any atom is 0.182 e. The van der Waals surface area contributed by atoms with E-state index in [0.29, 0.717) is 18.4 Å². The van der Waals surface area contributed by atoms with Gasteiger partial charge >= 0.3 is 0 Å². The van der Waals surface area contributed by atoms with Crippen LogP contribution in [0.5, 0.6) is 0 Å². The average Bonchev–Trinajstić information content (AvgIpc) is 2.04. The van der Waals surface area contributed by atoms with Gasteiger partial charge in [0.25, 0.3) is 0 Å². The molecular weight excluding hydrogens is 180 g/mol. The third-order valence-electron chi connectivity index (χ3n) is 2.04. The molecule has 70 valence electrons. The summed E-state index contributed by atoms with van der Waals surface area (Å²) >= 11 is 5.81. The number of alkyl halides is 1. The molecule has 0 aromatic carbocycles. The summed E-state index contributed by atoms with van der Waals surface area (Å²) in [6, 6.07) is 0. The first-order valence-electron chi connectivity index (χ1n) is 3.98. The van der Waals surface area contributed by atoms with Gasteiger partial charge in [-0.2, -0.15) is 0 Å². The third kappa shape index (κ3) is 2.45. The average molecular weight is 193 g/mol. The van der Waals surface area contributed by atoms with Crippen LogP contribution in [0.1, 0.15) is 19.3 Å². The molecule has 0 saturated heterocycles. The fourth-order valence-electron chi connectivity index (χ4n) is 1.28. The molecule has 0 amide bonds. The molecule has 3 N–H and O–H groups in total. The van der Waals surface area contributed by atoms with E-state index in [2.05, 4.69) is 0 Å². The minimum absolute atomic E-state index is 0.122. The van der Waals surface area contributed by atoms with Crippen molar-refractivity contribution in [1.29, 1.82) is 0 Å². The van der Waals surface area contributed by atoms with Crippen molar-refractivity contribution in [3.05, 3.63) is 11.6 Å². The number of aliphatic hydroxyl groups is 3. The highest BCUT2D eigenvalue weighted by atomic mass is 35.5. The molecule has 0 heterocycles. The topological polar surface area (TPSA) is 60.7 Å². The van der Waals surface area contributed by atoms with Crippen molar-refractivity contribution in [2.24, 2.45) is 0 Å². The third-order valence-corrected chi connectivity index (χ3v) is 2.44. The zero-order valence-corrected chi connectivity index (χ0v) is 7.41. The van der Waals surface area contributed by atoms with E-state index < -0.39 is 12.4 Å². The summed E-state index contributed by atoms with van der Waals surface area (Å²) in [6.45, 7) is 0. The van der Waals surface area contributed by atoms with Crippen molar-refractivity contribution in [2.45, 2.75) is 37.0 Å². The normalized spacial score (nSPS) is 27.1. The number of allylic oxidation sites excluding steroid dienone is 1. The molecule has 0 aliphatic heterocycles. The molecule has 0 saturated carbocycles. The molecular formula is C8H13ClO3. The summed E-state index contributed by atoms with van der Waals surface area (Å²) in [5.41, 5.74) is 0.682. The van der Waals surface area contributed by atoms with E-state index in [4.69, 9.17) is 21.8 Å². The summed E-state index contributed by atoms with van der Waals surface area (Å²) < 4.78 is 0. The molecule has 1 aliphatic rings. The molecule has 0 aromatic heterocycles. The summed E-state index contributed by atoms with van der Waals surface area (Å²) in [4.78, 5) is 0. The Balaban J connectivity index is 2.52. The Hall–Kier alpha value is -0.0900. The van der Waals surface area contributed by atoms with Gasteiger partial charge in [0.05, 0.1) is 0 Å². The van der Waals surface area contributed by atoms with Crippen LogP contribution in [0, 0.1) is 0 Å². The fraction of sp³-hybridized carbons (Fsp3) is 0.750. The number of hydrogen-bond acceptors (Lipinski definition) is 3. The van der Waals surface area contributed by atoms with E-state index in [-0.39, 0.29) is 5.38 Å². The fourth-order valence-corrected chi connectivity index (χ4v) is 1.48. The maximum atomic E-state index is 9.23. The second kappa shape index (κ2) is 4.23. The van der Waals surface area contributed by atoms with E-state index in [1.54, 1.807) is 6.08 Å². The largest absolute Gasteiger partial charge is 0.383 e. The molecule has 4 heteroatoms. The van der Waals surface area contributed by atoms with Crippen molar-refractivity contribution in [1.82, 2.24) is 0 Å². The Kier molecular flexibility index (Phi) is 3.53. The minimum atomic E-state index is -1.68. The lowest BCUT2D eigenvalue weighted by atomic mass is 9.95. The van der Waals surface area contributed by atoms with Crippen molar-refractivity contribution in [2.75, 3.05) is 0 Å². The zero-order valence-electron chi connectivity index (χ0n) is 6.65. The molecule has 2 atom stereocenters. The first-order chi connectivity index (χ1) is 5.61. The van der Waals surface area contributed by atoms with Crippen LogP contribution in [0.4, 0.5) is 0 Å². The van der Waals surface area contributed by atoms with Crippen LogP contribution in [-0.2, 0) is 0 Å². The number of aliphatic hydroxyl groups excluding tert-OH is 2. The summed E-state index contributed by atoms with van der Waals surface area (Å²) in [5.74, 6) is 0. The van der Waals surface area contributed by atoms with Crippen molar-refractivity contribution in [3.8, 4) is 0 Å². The molecule has 0 aromatic rings. The van der Waals surface area contributed by atoms with Crippen LogP contribution in [-0.4, -0.2) is 33.1 Å². The smallest absolute Gasteiger partial charge is 0.182 e. The van der Waals surface area contributed by atoms with Gasteiger partial charge in [0.2, 0.25) is 0 Å². The van der Waals surface area contributed by atoms with Crippen LogP contribution in [0.3, 0.4) is 0 Å². The summed E-state index contributed by atoms with van der Waals surface area (Å²) in [6.07, 6.45) is 1.09. The molecule has 12 heavy (non-hydrogen) atoms. The van der Waals surface area contributed by atoms with Gasteiger partial charge in [-0.25, -0.2) is 0 Å². The van der Waals surface area contributed by atoms with Crippen LogP contribution in [0.25, 0.3) is 0 Å². The second-order valence-electron chi connectivity index (χ2n) is 3.01. The van der Waals surface area contributed by atoms with Crippen LogP contribution >= 0.6 is 11.6 Å². The maximum absolute atomic E-state index is 9.23. The quantitative estimate of drug-likeness (QED) is 0.337. The van der Waals surface area contributed by atoms with Gasteiger partial charge in [0.1, 0.15) is 6.10 Å². The number of rotatable bonds is 2. The Morgan fingerprint density at radius 1 is 1.42 bits per heavy atom. The van der Waals surface area contributed by atoms with Gasteiger partial charge < -0.3 is 15.3 Å². The molecule has 2 unspecified atom stereocenters. The molecule has 3 nitrogen and oxygen atoms in total. The molecule has 1 rings (SSSR count). The van der Waals surface area contributed by atoms with Gasteiger partial charge in [-0.3, -0.25) is 0 Å². The first kappa shape index (κ1) is 9.99. The zero-order chi connectivity index (χ0) is 9.14. The molecule has 0 bridgehead atoms. The number of halogens is 1. The molecule has 1 aliphatic carbocycles. The SMILES string of the molecule is OC(O)C(O)C1=CCC(Cl)CC1. The molecule has 0 fully saturated rings. The standard InChI is InChI=1S/C8H13ClO3/c9-6-3-1-5(2-4-6)7(10)8(11)12/h1,6-8,10-12H,2-4H2. The highest BCUT2D eigenvalue weighted by Gasteiger charge is 2.21. The Labute approximate surface area is 76.3 Å². The van der Waals surface area contributed by atoms with Gasteiger partial charge in [0, 0.05) is 5.38 Å².